The predicted molar refractivity (Wildman–Crippen MR) is 40.4 cm³/mol. The predicted octanol–water partition coefficient (Wildman–Crippen LogP) is 0.333. The summed E-state index contributed by atoms with van der Waals surface area (Å²) in [7, 11) is 1.25. The lowest BCUT2D eigenvalue weighted by Crippen LogP contribution is -2.40. The van der Waals surface area contributed by atoms with Gasteiger partial charge in [-0.15, -0.1) is 23.2 Å². The van der Waals surface area contributed by atoms with Crippen molar-refractivity contribution in [3.05, 3.63) is 0 Å². The Labute approximate surface area is 69.4 Å². The second kappa shape index (κ2) is 4.77. The number of hydrogen-bond acceptors (Lipinski definition) is 3. The minimum atomic E-state index is -0.829. The van der Waals surface area contributed by atoms with E-state index in [0.29, 0.717) is 0 Å². The quantitative estimate of drug-likeness (QED) is 0.510. The van der Waals surface area contributed by atoms with Crippen LogP contribution in [0.5, 0.6) is 0 Å². The van der Waals surface area contributed by atoms with E-state index in [0.717, 1.165) is 0 Å². The van der Waals surface area contributed by atoms with Crippen molar-refractivity contribution >= 4 is 29.2 Å². The third-order valence-corrected chi connectivity index (χ3v) is 1.93. The second-order valence-electron chi connectivity index (χ2n) is 1.72. The first kappa shape index (κ1) is 10.0. The summed E-state index contributed by atoms with van der Waals surface area (Å²) < 4.78 is 4.33. The maximum absolute atomic E-state index is 10.6. The molecule has 2 atom stereocenters. The van der Waals surface area contributed by atoms with Crippen molar-refractivity contribution in [1.29, 1.82) is 0 Å². The van der Waals surface area contributed by atoms with Crippen LogP contribution in [0, 0.1) is 0 Å². The van der Waals surface area contributed by atoms with E-state index in [4.69, 9.17) is 28.9 Å². The Morgan fingerprint density at radius 3 is 2.60 bits per heavy atom. The molecule has 0 aromatic rings. The van der Waals surface area contributed by atoms with Gasteiger partial charge in [-0.3, -0.25) is 4.79 Å². The standard InChI is InChI=1S/C5H9Cl2NO2/c1-10-5(9)4(8)3(7)2-6/h3-4H,2,8H2,1H3. The second-order valence-corrected chi connectivity index (χ2v) is 2.59. The topological polar surface area (TPSA) is 52.3 Å². The molecule has 0 bridgehead atoms. The van der Waals surface area contributed by atoms with Crippen molar-refractivity contribution in [2.75, 3.05) is 13.0 Å². The SMILES string of the molecule is COC(=O)C(N)C(Cl)CCl. The normalized spacial score (nSPS) is 16.0. The smallest absolute Gasteiger partial charge is 0.324 e. The van der Waals surface area contributed by atoms with Crippen LogP contribution in [-0.2, 0) is 9.53 Å². The first-order valence-electron chi connectivity index (χ1n) is 2.67. The number of carbonyl (C=O) groups excluding carboxylic acids is 1. The van der Waals surface area contributed by atoms with Crippen LogP contribution in [-0.4, -0.2) is 30.4 Å². The van der Waals surface area contributed by atoms with Crippen LogP contribution in [0.2, 0.25) is 0 Å². The molecule has 2 N–H and O–H groups in total. The molecule has 0 saturated heterocycles. The zero-order valence-corrected chi connectivity index (χ0v) is 7.02. The lowest BCUT2D eigenvalue weighted by atomic mass is 10.2. The molecule has 0 heterocycles. The fraction of sp³-hybridized carbons (Fsp3) is 0.800. The van der Waals surface area contributed by atoms with Gasteiger partial charge in [0.15, 0.2) is 0 Å². The molecule has 0 saturated carbocycles. The molecule has 0 aliphatic rings. The molecule has 0 aromatic heterocycles. The number of ether oxygens (including phenoxy) is 1. The number of hydrogen-bond donors (Lipinski definition) is 1. The number of halogens is 2. The van der Waals surface area contributed by atoms with Crippen molar-refractivity contribution in [2.24, 2.45) is 5.73 Å². The van der Waals surface area contributed by atoms with Gasteiger partial charge in [0.2, 0.25) is 0 Å². The number of rotatable bonds is 3. The summed E-state index contributed by atoms with van der Waals surface area (Å²) in [5.41, 5.74) is 5.29. The van der Waals surface area contributed by atoms with Crippen LogP contribution in [0.15, 0.2) is 0 Å². The third-order valence-electron chi connectivity index (χ3n) is 1.01. The van der Waals surface area contributed by atoms with Crippen LogP contribution < -0.4 is 5.73 Å². The average Bonchev–Trinajstić information content (AvgIpc) is 2.00. The largest absolute Gasteiger partial charge is 0.468 e. The Bertz CT molecular complexity index is 120. The molecule has 0 fully saturated rings. The fourth-order valence-corrected chi connectivity index (χ4v) is 0.675. The molecule has 0 spiro atoms. The lowest BCUT2D eigenvalue weighted by Gasteiger charge is -2.11. The highest BCUT2D eigenvalue weighted by molar-refractivity contribution is 6.29. The van der Waals surface area contributed by atoms with Crippen molar-refractivity contribution < 1.29 is 9.53 Å². The summed E-state index contributed by atoms with van der Waals surface area (Å²) in [6.07, 6.45) is 0. The first-order chi connectivity index (χ1) is 4.63. The molecule has 3 nitrogen and oxygen atoms in total. The monoisotopic (exact) mass is 185 g/mol. The molecular weight excluding hydrogens is 177 g/mol. The molecule has 0 rings (SSSR count). The summed E-state index contributed by atoms with van der Waals surface area (Å²) in [5, 5.41) is -0.561. The van der Waals surface area contributed by atoms with Crippen molar-refractivity contribution in [3.63, 3.8) is 0 Å². The van der Waals surface area contributed by atoms with E-state index < -0.39 is 17.4 Å². The number of nitrogens with two attached hydrogens (primary N) is 1. The minimum absolute atomic E-state index is 0.137. The average molecular weight is 186 g/mol. The molecule has 0 amide bonds. The van der Waals surface area contributed by atoms with Gasteiger partial charge in [0.25, 0.3) is 0 Å². The Morgan fingerprint density at radius 2 is 2.30 bits per heavy atom. The third kappa shape index (κ3) is 2.73. The summed E-state index contributed by atoms with van der Waals surface area (Å²) in [4.78, 5) is 10.6. The van der Waals surface area contributed by atoms with Gasteiger partial charge in [-0.1, -0.05) is 0 Å². The molecule has 5 heteroatoms. The van der Waals surface area contributed by atoms with Crippen LogP contribution >= 0.6 is 23.2 Å². The molecular formula is C5H9Cl2NO2. The van der Waals surface area contributed by atoms with Gasteiger partial charge < -0.3 is 10.5 Å². The van der Waals surface area contributed by atoms with E-state index in [1.165, 1.54) is 7.11 Å². The molecule has 0 aliphatic heterocycles. The Kier molecular flexibility index (Phi) is 4.77. The van der Waals surface area contributed by atoms with Crippen molar-refractivity contribution in [3.8, 4) is 0 Å². The highest BCUT2D eigenvalue weighted by Crippen LogP contribution is 2.03. The molecule has 0 aromatic carbocycles. The Hall–Kier alpha value is 0.01000. The van der Waals surface area contributed by atoms with E-state index >= 15 is 0 Å². The van der Waals surface area contributed by atoms with Crippen molar-refractivity contribution in [2.45, 2.75) is 11.4 Å². The molecule has 0 aliphatic carbocycles. The first-order valence-corrected chi connectivity index (χ1v) is 3.64. The maximum Gasteiger partial charge on any atom is 0.324 e. The van der Waals surface area contributed by atoms with Crippen LogP contribution in [0.1, 0.15) is 0 Å². The van der Waals surface area contributed by atoms with Gasteiger partial charge in [-0.25, -0.2) is 0 Å². The van der Waals surface area contributed by atoms with Gasteiger partial charge in [-0.2, -0.15) is 0 Å². The summed E-state index contributed by atoms with van der Waals surface area (Å²) in [6, 6.07) is -0.829. The van der Waals surface area contributed by atoms with E-state index in [9.17, 15) is 4.79 Å². The molecule has 60 valence electrons. The zero-order valence-electron chi connectivity index (χ0n) is 5.51. The summed E-state index contributed by atoms with van der Waals surface area (Å²) in [5.74, 6) is -0.404. The number of methoxy groups -OCH3 is 1. The van der Waals surface area contributed by atoms with E-state index in [1.807, 2.05) is 0 Å². The lowest BCUT2D eigenvalue weighted by molar-refractivity contribution is -0.142. The van der Waals surface area contributed by atoms with Crippen LogP contribution in [0.3, 0.4) is 0 Å². The Balaban J connectivity index is 3.81. The number of esters is 1. The highest BCUT2D eigenvalue weighted by Gasteiger charge is 2.21. The van der Waals surface area contributed by atoms with Gasteiger partial charge >= 0.3 is 5.97 Å². The van der Waals surface area contributed by atoms with Crippen molar-refractivity contribution in [1.82, 2.24) is 0 Å². The number of carbonyl (C=O) groups is 1. The van der Waals surface area contributed by atoms with E-state index in [-0.39, 0.29) is 5.88 Å². The number of alkyl halides is 2. The maximum atomic E-state index is 10.6. The van der Waals surface area contributed by atoms with Gasteiger partial charge in [0, 0.05) is 5.88 Å². The fourth-order valence-electron chi connectivity index (χ4n) is 0.380. The van der Waals surface area contributed by atoms with Gasteiger partial charge in [-0.05, 0) is 0 Å². The Morgan fingerprint density at radius 1 is 1.80 bits per heavy atom. The van der Waals surface area contributed by atoms with E-state index in [2.05, 4.69) is 4.74 Å². The highest BCUT2D eigenvalue weighted by atomic mass is 35.5. The van der Waals surface area contributed by atoms with Crippen LogP contribution in [0.4, 0.5) is 0 Å². The molecule has 10 heavy (non-hydrogen) atoms. The molecule has 2 unspecified atom stereocenters. The minimum Gasteiger partial charge on any atom is -0.468 e. The van der Waals surface area contributed by atoms with E-state index in [1.54, 1.807) is 0 Å². The summed E-state index contributed by atoms with van der Waals surface area (Å²) >= 11 is 10.9. The van der Waals surface area contributed by atoms with Gasteiger partial charge in [0.1, 0.15) is 6.04 Å². The zero-order chi connectivity index (χ0) is 8.15. The van der Waals surface area contributed by atoms with Gasteiger partial charge in [0.05, 0.1) is 12.5 Å². The molecule has 0 radical (unpaired) electrons. The van der Waals surface area contributed by atoms with Crippen LogP contribution in [0.25, 0.3) is 0 Å². The summed E-state index contributed by atoms with van der Waals surface area (Å²) in [6.45, 7) is 0.